The van der Waals surface area contributed by atoms with E-state index < -0.39 is 17.5 Å². The zero-order valence-corrected chi connectivity index (χ0v) is 17.6. The number of thioether (sulfide) groups is 1. The molecule has 2 heterocycles. The molecule has 4 rings (SSSR count). The number of rotatable bonds is 6. The maximum absolute atomic E-state index is 12.7. The molecule has 1 aliphatic heterocycles. The first-order chi connectivity index (χ1) is 14.5. The Bertz CT molecular complexity index is 955. The molecule has 2 aromatic rings. The van der Waals surface area contributed by atoms with Gasteiger partial charge in [0.1, 0.15) is 11.4 Å². The minimum Gasteiger partial charge on any atom is -0.322 e. The van der Waals surface area contributed by atoms with Gasteiger partial charge in [0.2, 0.25) is 5.91 Å². The number of amides is 4. The van der Waals surface area contributed by atoms with Gasteiger partial charge in [0.25, 0.3) is 5.91 Å². The SMILES string of the molecule is Cn1c(Cc2ccccc2)nnc1SCC(=O)NN1C(=O)NC2(CCCCC2)C1=O. The summed E-state index contributed by atoms with van der Waals surface area (Å²) in [6.07, 6.45) is 4.70. The zero-order chi connectivity index (χ0) is 21.1. The van der Waals surface area contributed by atoms with Gasteiger partial charge in [-0.3, -0.25) is 15.0 Å². The van der Waals surface area contributed by atoms with Gasteiger partial charge >= 0.3 is 6.03 Å². The number of imide groups is 1. The molecule has 1 saturated carbocycles. The van der Waals surface area contributed by atoms with Crippen molar-refractivity contribution in [3.8, 4) is 0 Å². The van der Waals surface area contributed by atoms with Crippen molar-refractivity contribution in [2.24, 2.45) is 7.05 Å². The second-order valence-electron chi connectivity index (χ2n) is 7.66. The van der Waals surface area contributed by atoms with Crippen LogP contribution >= 0.6 is 11.8 Å². The van der Waals surface area contributed by atoms with Crippen molar-refractivity contribution < 1.29 is 14.4 Å². The number of urea groups is 1. The quantitative estimate of drug-likeness (QED) is 0.536. The van der Waals surface area contributed by atoms with Gasteiger partial charge in [-0.15, -0.1) is 10.2 Å². The zero-order valence-electron chi connectivity index (χ0n) is 16.8. The molecule has 0 radical (unpaired) electrons. The summed E-state index contributed by atoms with van der Waals surface area (Å²) < 4.78 is 1.84. The highest BCUT2D eigenvalue weighted by Crippen LogP contribution is 2.33. The van der Waals surface area contributed by atoms with Gasteiger partial charge in [-0.05, 0) is 18.4 Å². The summed E-state index contributed by atoms with van der Waals surface area (Å²) in [7, 11) is 1.85. The molecule has 2 fully saturated rings. The molecule has 1 aromatic carbocycles. The second-order valence-corrected chi connectivity index (χ2v) is 8.60. The summed E-state index contributed by atoms with van der Waals surface area (Å²) in [4.78, 5) is 37.4. The van der Waals surface area contributed by atoms with Crippen LogP contribution in [0.4, 0.5) is 4.79 Å². The van der Waals surface area contributed by atoms with Crippen LogP contribution in [0.5, 0.6) is 0 Å². The van der Waals surface area contributed by atoms with Crippen LogP contribution in [0.1, 0.15) is 43.5 Å². The van der Waals surface area contributed by atoms with E-state index in [0.717, 1.165) is 35.7 Å². The Balaban J connectivity index is 1.33. The molecular weight excluding hydrogens is 404 g/mol. The Hall–Kier alpha value is -2.88. The highest BCUT2D eigenvalue weighted by Gasteiger charge is 2.52. The van der Waals surface area contributed by atoms with Crippen molar-refractivity contribution in [3.63, 3.8) is 0 Å². The Morgan fingerprint density at radius 3 is 2.63 bits per heavy atom. The van der Waals surface area contributed by atoms with Gasteiger partial charge in [-0.1, -0.05) is 61.4 Å². The van der Waals surface area contributed by atoms with Crippen LogP contribution < -0.4 is 10.7 Å². The van der Waals surface area contributed by atoms with Gasteiger partial charge in [0.15, 0.2) is 5.16 Å². The van der Waals surface area contributed by atoms with E-state index in [-0.39, 0.29) is 11.7 Å². The molecule has 158 valence electrons. The largest absolute Gasteiger partial charge is 0.344 e. The van der Waals surface area contributed by atoms with Crippen molar-refractivity contribution >= 4 is 29.6 Å². The Kier molecular flexibility index (Phi) is 5.76. The van der Waals surface area contributed by atoms with E-state index >= 15 is 0 Å². The average molecular weight is 429 g/mol. The molecule has 9 nitrogen and oxygen atoms in total. The molecule has 1 aromatic heterocycles. The van der Waals surface area contributed by atoms with E-state index in [9.17, 15) is 14.4 Å². The van der Waals surface area contributed by atoms with Crippen LogP contribution in [0.15, 0.2) is 35.5 Å². The van der Waals surface area contributed by atoms with Gasteiger partial charge in [0.05, 0.1) is 5.75 Å². The van der Waals surface area contributed by atoms with Crippen molar-refractivity contribution in [1.29, 1.82) is 0 Å². The predicted molar refractivity (Wildman–Crippen MR) is 110 cm³/mol. The van der Waals surface area contributed by atoms with Crippen LogP contribution in [-0.2, 0) is 23.1 Å². The number of carbonyl (C=O) groups excluding carboxylic acids is 3. The summed E-state index contributed by atoms with van der Waals surface area (Å²) in [5.74, 6) is -0.00256. The van der Waals surface area contributed by atoms with E-state index in [2.05, 4.69) is 20.9 Å². The molecule has 2 N–H and O–H groups in total. The van der Waals surface area contributed by atoms with Gasteiger partial charge < -0.3 is 9.88 Å². The average Bonchev–Trinajstić information content (AvgIpc) is 3.20. The first-order valence-corrected chi connectivity index (χ1v) is 11.0. The van der Waals surface area contributed by atoms with Crippen LogP contribution in [0, 0.1) is 0 Å². The van der Waals surface area contributed by atoms with Crippen molar-refractivity contribution in [2.45, 2.75) is 49.2 Å². The molecular formula is C20H24N6O3S. The van der Waals surface area contributed by atoms with Gasteiger partial charge in [-0.2, -0.15) is 5.01 Å². The van der Waals surface area contributed by atoms with E-state index in [0.29, 0.717) is 24.4 Å². The molecule has 4 amide bonds. The third-order valence-electron chi connectivity index (χ3n) is 5.57. The topological polar surface area (TPSA) is 109 Å². The predicted octanol–water partition coefficient (Wildman–Crippen LogP) is 1.78. The van der Waals surface area contributed by atoms with Crippen LogP contribution in [-0.4, -0.2) is 48.9 Å². The molecule has 1 aliphatic carbocycles. The second kappa shape index (κ2) is 8.47. The molecule has 0 atom stereocenters. The first-order valence-electron chi connectivity index (χ1n) is 10.00. The lowest BCUT2D eigenvalue weighted by molar-refractivity contribution is -0.139. The minimum atomic E-state index is -0.855. The van der Waals surface area contributed by atoms with Crippen molar-refractivity contribution in [2.75, 3.05) is 5.75 Å². The molecule has 10 heteroatoms. The summed E-state index contributed by atoms with van der Waals surface area (Å²) in [5, 5.41) is 12.5. The molecule has 1 spiro atoms. The fraction of sp³-hybridized carbons (Fsp3) is 0.450. The molecule has 30 heavy (non-hydrogen) atoms. The number of aromatic nitrogens is 3. The maximum atomic E-state index is 12.7. The summed E-state index contributed by atoms with van der Waals surface area (Å²) in [6, 6.07) is 9.38. The Morgan fingerprint density at radius 1 is 1.17 bits per heavy atom. The third kappa shape index (κ3) is 4.04. The standard InChI is InChI=1S/C20H24N6O3S/c1-25-15(12-14-8-4-2-5-9-14)22-23-19(25)30-13-16(27)24-26-17(28)20(21-18(26)29)10-6-3-7-11-20/h2,4-5,8-9H,3,6-7,10-13H2,1H3,(H,21,29)(H,24,27). The molecule has 0 unspecified atom stereocenters. The monoisotopic (exact) mass is 428 g/mol. The summed E-state index contributed by atoms with van der Waals surface area (Å²) >= 11 is 1.21. The first kappa shape index (κ1) is 20.4. The minimum absolute atomic E-state index is 0.0152. The normalized spacial score (nSPS) is 18.0. The lowest BCUT2D eigenvalue weighted by Gasteiger charge is -2.30. The fourth-order valence-corrected chi connectivity index (χ4v) is 4.63. The number of hydrazine groups is 1. The molecule has 1 saturated heterocycles. The third-order valence-corrected chi connectivity index (χ3v) is 6.59. The lowest BCUT2D eigenvalue weighted by Crippen LogP contribution is -2.51. The molecule has 2 aliphatic rings. The highest BCUT2D eigenvalue weighted by atomic mass is 32.2. The van der Waals surface area contributed by atoms with Crippen molar-refractivity contribution in [1.82, 2.24) is 30.5 Å². The Morgan fingerprint density at radius 2 is 1.90 bits per heavy atom. The van der Waals surface area contributed by atoms with Crippen LogP contribution in [0.25, 0.3) is 0 Å². The summed E-state index contributed by atoms with van der Waals surface area (Å²) in [6.45, 7) is 0. The molecule has 0 bridgehead atoms. The Labute approximate surface area is 178 Å². The van der Waals surface area contributed by atoms with E-state index in [1.165, 1.54) is 11.8 Å². The highest BCUT2D eigenvalue weighted by molar-refractivity contribution is 7.99. The number of benzene rings is 1. The van der Waals surface area contributed by atoms with E-state index in [1.54, 1.807) is 0 Å². The number of hydrogen-bond acceptors (Lipinski definition) is 6. The number of nitrogens with zero attached hydrogens (tertiary/aromatic N) is 4. The maximum Gasteiger partial charge on any atom is 0.344 e. The summed E-state index contributed by atoms with van der Waals surface area (Å²) in [5.41, 5.74) is 2.71. The number of nitrogens with one attached hydrogen (secondary N) is 2. The van der Waals surface area contributed by atoms with Crippen molar-refractivity contribution in [3.05, 3.63) is 41.7 Å². The van der Waals surface area contributed by atoms with Gasteiger partial charge in [-0.25, -0.2) is 4.79 Å². The van der Waals surface area contributed by atoms with E-state index in [1.807, 2.05) is 41.9 Å². The van der Waals surface area contributed by atoms with Crippen LogP contribution in [0.2, 0.25) is 0 Å². The number of carbonyl (C=O) groups is 3. The van der Waals surface area contributed by atoms with Gasteiger partial charge in [0, 0.05) is 13.5 Å². The smallest absolute Gasteiger partial charge is 0.322 e. The number of hydrogen-bond donors (Lipinski definition) is 2. The van der Waals surface area contributed by atoms with Crippen LogP contribution in [0.3, 0.4) is 0 Å². The van der Waals surface area contributed by atoms with E-state index in [4.69, 9.17) is 0 Å². The lowest BCUT2D eigenvalue weighted by atomic mass is 9.82. The fourth-order valence-electron chi connectivity index (χ4n) is 3.91.